The number of aromatic nitrogens is 2. The van der Waals surface area contributed by atoms with Crippen LogP contribution in [0, 0.1) is 0 Å². The maximum absolute atomic E-state index is 12.7. The number of Topliss-reactive ketones (excluding diaryl/α,β-unsaturated/α-hetero) is 1. The van der Waals surface area contributed by atoms with Crippen LogP contribution in [0.3, 0.4) is 0 Å². The van der Waals surface area contributed by atoms with Crippen LogP contribution >= 0.6 is 0 Å². The molecular weight excluding hydrogens is 428 g/mol. The number of carbonyl (C=O) groups excluding carboxylic acids is 2. The summed E-state index contributed by atoms with van der Waals surface area (Å²) in [6, 6.07) is 5.96. The fourth-order valence-corrected chi connectivity index (χ4v) is 4.47. The summed E-state index contributed by atoms with van der Waals surface area (Å²) in [5.41, 5.74) is 5.21. The van der Waals surface area contributed by atoms with Gasteiger partial charge in [-0.25, -0.2) is 13.2 Å². The molecule has 1 atom stereocenters. The molecule has 0 aliphatic carbocycles. The van der Waals surface area contributed by atoms with Gasteiger partial charge >= 0.3 is 11.7 Å². The molecule has 0 saturated carbocycles. The summed E-state index contributed by atoms with van der Waals surface area (Å²) >= 11 is 0. The van der Waals surface area contributed by atoms with Gasteiger partial charge in [-0.15, -0.1) is 0 Å². The van der Waals surface area contributed by atoms with Crippen molar-refractivity contribution in [2.75, 3.05) is 18.6 Å². The van der Waals surface area contributed by atoms with Gasteiger partial charge in [0, 0.05) is 27.1 Å². The van der Waals surface area contributed by atoms with Gasteiger partial charge in [-0.2, -0.15) is 4.31 Å². The van der Waals surface area contributed by atoms with Gasteiger partial charge < -0.3 is 10.5 Å². The lowest BCUT2D eigenvalue weighted by atomic mass is 9.96. The van der Waals surface area contributed by atoms with Gasteiger partial charge in [0.2, 0.25) is 15.8 Å². The molecule has 0 fully saturated rings. The molecule has 0 unspecified atom stereocenters. The molecule has 1 aliphatic heterocycles. The Morgan fingerprint density at radius 1 is 1.13 bits per heavy atom. The molecule has 0 bridgehead atoms. The van der Waals surface area contributed by atoms with E-state index in [-0.39, 0.29) is 18.8 Å². The molecule has 2 heterocycles. The number of hydrogen-bond donors (Lipinski definition) is 1. The van der Waals surface area contributed by atoms with Gasteiger partial charge in [0.1, 0.15) is 17.4 Å². The fraction of sp³-hybridized carbons (Fsp3) is 0.368. The van der Waals surface area contributed by atoms with Gasteiger partial charge in [-0.05, 0) is 11.1 Å². The van der Waals surface area contributed by atoms with Crippen molar-refractivity contribution in [2.24, 2.45) is 14.1 Å². The smallest absolute Gasteiger partial charge is 0.332 e. The largest absolute Gasteiger partial charge is 0.456 e. The SMILES string of the molecule is Cn1c(N)c(C(=O)COC(=O)[C@@H]2Cc3ccccc3CN2S(C)(=O)=O)c(=O)n(C)c1=O. The molecule has 0 saturated heterocycles. The zero-order valence-electron chi connectivity index (χ0n) is 17.2. The van der Waals surface area contributed by atoms with Crippen molar-refractivity contribution in [3.63, 3.8) is 0 Å². The second-order valence-corrected chi connectivity index (χ2v) is 9.23. The second-order valence-electron chi connectivity index (χ2n) is 7.29. The minimum atomic E-state index is -3.75. The van der Waals surface area contributed by atoms with Crippen LogP contribution in [0.4, 0.5) is 5.82 Å². The van der Waals surface area contributed by atoms with Crippen LogP contribution in [0.1, 0.15) is 21.5 Å². The van der Waals surface area contributed by atoms with Crippen LogP contribution in [-0.2, 0) is 46.6 Å². The zero-order valence-corrected chi connectivity index (χ0v) is 18.0. The molecule has 0 spiro atoms. The Kier molecular flexibility index (Phi) is 5.87. The average Bonchev–Trinajstić information content (AvgIpc) is 2.73. The van der Waals surface area contributed by atoms with Gasteiger partial charge in [0.25, 0.3) is 5.56 Å². The summed E-state index contributed by atoms with van der Waals surface area (Å²) in [4.78, 5) is 49.4. The predicted molar refractivity (Wildman–Crippen MR) is 111 cm³/mol. The molecule has 0 radical (unpaired) electrons. The summed E-state index contributed by atoms with van der Waals surface area (Å²) in [7, 11) is -1.26. The molecule has 1 aromatic carbocycles. The number of hydrogen-bond acceptors (Lipinski definition) is 8. The van der Waals surface area contributed by atoms with E-state index in [1.54, 1.807) is 24.3 Å². The number of benzene rings is 1. The Hall–Kier alpha value is -3.25. The highest BCUT2D eigenvalue weighted by atomic mass is 32.2. The van der Waals surface area contributed by atoms with Crippen molar-refractivity contribution in [1.29, 1.82) is 0 Å². The van der Waals surface area contributed by atoms with Gasteiger partial charge in [0.15, 0.2) is 6.61 Å². The third kappa shape index (κ3) is 4.16. The number of esters is 1. The standard InChI is InChI=1S/C19H22N4O7S/c1-21-16(20)15(17(25)22(2)19(21)27)14(24)10-30-18(26)13-8-11-6-4-5-7-12(11)9-23(13)31(3,28)29/h4-7,13H,8-10,20H2,1-3H3/t13-/m0/s1. The van der Waals surface area contributed by atoms with E-state index in [9.17, 15) is 27.6 Å². The number of sulfonamides is 1. The minimum Gasteiger partial charge on any atom is -0.456 e. The van der Waals surface area contributed by atoms with E-state index in [1.807, 2.05) is 0 Å². The zero-order chi connectivity index (χ0) is 23.1. The van der Waals surface area contributed by atoms with Gasteiger partial charge in [0.05, 0.1) is 6.26 Å². The molecule has 2 aromatic rings. The summed E-state index contributed by atoms with van der Waals surface area (Å²) in [6.45, 7) is -0.830. The first-order chi connectivity index (χ1) is 14.4. The Labute approximate surface area is 177 Å². The molecule has 166 valence electrons. The van der Waals surface area contributed by atoms with Gasteiger partial charge in [-0.1, -0.05) is 24.3 Å². The minimum absolute atomic E-state index is 0.00297. The highest BCUT2D eigenvalue weighted by Crippen LogP contribution is 2.26. The normalized spacial score (nSPS) is 16.5. The van der Waals surface area contributed by atoms with E-state index >= 15 is 0 Å². The van der Waals surface area contributed by atoms with E-state index in [1.165, 1.54) is 14.1 Å². The first-order valence-electron chi connectivity index (χ1n) is 9.22. The van der Waals surface area contributed by atoms with Crippen LogP contribution < -0.4 is 17.0 Å². The maximum atomic E-state index is 12.7. The Morgan fingerprint density at radius 3 is 2.35 bits per heavy atom. The first kappa shape index (κ1) is 22.4. The summed E-state index contributed by atoms with van der Waals surface area (Å²) in [5.74, 6) is -2.17. The highest BCUT2D eigenvalue weighted by Gasteiger charge is 2.38. The van der Waals surface area contributed by atoms with Crippen LogP contribution in [-0.4, -0.2) is 52.5 Å². The highest BCUT2D eigenvalue weighted by molar-refractivity contribution is 7.88. The molecule has 0 amide bonds. The Morgan fingerprint density at radius 2 is 1.74 bits per heavy atom. The predicted octanol–water partition coefficient (Wildman–Crippen LogP) is -1.22. The van der Waals surface area contributed by atoms with E-state index < -0.39 is 51.2 Å². The monoisotopic (exact) mass is 450 g/mol. The first-order valence-corrected chi connectivity index (χ1v) is 11.1. The number of ether oxygens (including phenoxy) is 1. The molecular formula is C19H22N4O7S. The number of nitrogens with zero attached hydrogens (tertiary/aromatic N) is 3. The number of fused-ring (bicyclic) bond motifs is 1. The summed E-state index contributed by atoms with van der Waals surface area (Å²) in [6.07, 6.45) is 1.07. The molecule has 31 heavy (non-hydrogen) atoms. The van der Waals surface area contributed by atoms with E-state index in [0.717, 1.165) is 30.8 Å². The molecule has 2 N–H and O–H groups in total. The number of rotatable bonds is 5. The quantitative estimate of drug-likeness (QED) is 0.440. The van der Waals surface area contributed by atoms with Crippen molar-refractivity contribution < 1.29 is 22.7 Å². The van der Waals surface area contributed by atoms with Crippen molar-refractivity contribution in [1.82, 2.24) is 13.4 Å². The van der Waals surface area contributed by atoms with Crippen LogP contribution in [0.15, 0.2) is 33.9 Å². The third-order valence-electron chi connectivity index (χ3n) is 5.24. The number of ketones is 1. The topological polar surface area (TPSA) is 151 Å². The average molecular weight is 450 g/mol. The maximum Gasteiger partial charge on any atom is 0.332 e. The van der Waals surface area contributed by atoms with E-state index in [2.05, 4.69) is 0 Å². The van der Waals surface area contributed by atoms with Crippen LogP contribution in [0.25, 0.3) is 0 Å². The lowest BCUT2D eigenvalue weighted by Crippen LogP contribution is -2.49. The lowest BCUT2D eigenvalue weighted by Gasteiger charge is -2.33. The van der Waals surface area contributed by atoms with Crippen molar-refractivity contribution in [3.8, 4) is 0 Å². The van der Waals surface area contributed by atoms with E-state index in [0.29, 0.717) is 0 Å². The number of anilines is 1. The summed E-state index contributed by atoms with van der Waals surface area (Å²) < 4.78 is 32.2. The lowest BCUT2D eigenvalue weighted by molar-refractivity contribution is -0.147. The molecule has 11 nitrogen and oxygen atoms in total. The number of carbonyl (C=O) groups is 2. The van der Waals surface area contributed by atoms with E-state index in [4.69, 9.17) is 10.5 Å². The molecule has 12 heteroatoms. The van der Waals surface area contributed by atoms with Crippen molar-refractivity contribution in [3.05, 3.63) is 61.8 Å². The second kappa shape index (κ2) is 8.12. The number of nitrogens with two attached hydrogens (primary N) is 1. The van der Waals surface area contributed by atoms with Crippen LogP contribution in [0.2, 0.25) is 0 Å². The Balaban J connectivity index is 1.84. The molecule has 1 aromatic heterocycles. The molecule has 3 rings (SSSR count). The van der Waals surface area contributed by atoms with Crippen molar-refractivity contribution >= 4 is 27.6 Å². The Bertz CT molecular complexity index is 1290. The van der Waals surface area contributed by atoms with Crippen molar-refractivity contribution in [2.45, 2.75) is 19.0 Å². The van der Waals surface area contributed by atoms with Gasteiger partial charge in [-0.3, -0.25) is 23.5 Å². The summed E-state index contributed by atoms with van der Waals surface area (Å²) in [5, 5.41) is 0. The fourth-order valence-electron chi connectivity index (χ4n) is 3.48. The number of nitrogen functional groups attached to an aromatic ring is 1. The third-order valence-corrected chi connectivity index (χ3v) is 6.47. The molecule has 1 aliphatic rings. The van der Waals surface area contributed by atoms with Crippen LogP contribution in [0.5, 0.6) is 0 Å².